The molecule has 39 heavy (non-hydrogen) atoms. The predicted molar refractivity (Wildman–Crippen MR) is 151 cm³/mol. The lowest BCUT2D eigenvalue weighted by Gasteiger charge is -2.31. The van der Waals surface area contributed by atoms with Crippen molar-refractivity contribution in [2.75, 3.05) is 29.0 Å². The van der Waals surface area contributed by atoms with Gasteiger partial charge < -0.3 is 25.8 Å². The second-order valence-corrected chi connectivity index (χ2v) is 11.1. The molecule has 11 heteroatoms. The second kappa shape index (κ2) is 11.7. The first kappa shape index (κ1) is 25.8. The van der Waals surface area contributed by atoms with Crippen LogP contribution >= 0.6 is 0 Å². The van der Waals surface area contributed by atoms with Crippen LogP contribution in [0.15, 0.2) is 36.7 Å². The number of carbonyl (C=O) groups excluding carboxylic acids is 1. The van der Waals surface area contributed by atoms with E-state index in [0.29, 0.717) is 42.9 Å². The summed E-state index contributed by atoms with van der Waals surface area (Å²) in [6, 6.07) is 10.6. The summed E-state index contributed by atoms with van der Waals surface area (Å²) >= 11 is 0. The summed E-state index contributed by atoms with van der Waals surface area (Å²) in [6.07, 6.45) is 12.0. The van der Waals surface area contributed by atoms with Crippen molar-refractivity contribution in [1.29, 1.82) is 0 Å². The number of nitrogens with zero attached hydrogens (tertiary/aromatic N) is 5. The highest BCUT2D eigenvalue weighted by molar-refractivity contribution is 5.85. The van der Waals surface area contributed by atoms with Crippen LogP contribution in [-0.4, -0.2) is 61.9 Å². The molecule has 208 valence electrons. The molecular weight excluding hydrogens is 494 g/mol. The number of hydrogen-bond acceptors (Lipinski definition) is 9. The first-order chi connectivity index (χ1) is 19.1. The molecule has 1 amide bonds. The Kier molecular flexibility index (Phi) is 7.78. The number of anilines is 3. The van der Waals surface area contributed by atoms with Gasteiger partial charge in [0.2, 0.25) is 5.95 Å². The molecule has 5 N–H and O–H groups in total. The number of piperidine rings is 1. The van der Waals surface area contributed by atoms with E-state index in [0.717, 1.165) is 68.3 Å². The molecular formula is C28H39N9O2. The fourth-order valence-electron chi connectivity index (χ4n) is 6.04. The lowest BCUT2D eigenvalue weighted by Crippen LogP contribution is -2.41. The van der Waals surface area contributed by atoms with Gasteiger partial charge in [0.05, 0.1) is 6.33 Å². The zero-order chi connectivity index (χ0) is 26.6. The molecule has 3 aromatic rings. The SMILES string of the molecule is NC1CCC(Nc2nc(NC3CCN(OC(=O)Nc4ccccc4)CC3)c3ncn(C4CCCC4)c3n2)CC1. The molecule has 1 aliphatic heterocycles. The summed E-state index contributed by atoms with van der Waals surface area (Å²) in [4.78, 5) is 32.5. The topological polar surface area (TPSA) is 135 Å². The number of hydrogen-bond donors (Lipinski definition) is 4. The highest BCUT2D eigenvalue weighted by atomic mass is 16.7. The van der Waals surface area contributed by atoms with Crippen LogP contribution in [0.4, 0.5) is 22.2 Å². The van der Waals surface area contributed by atoms with Gasteiger partial charge in [0.25, 0.3) is 0 Å². The minimum atomic E-state index is -0.470. The maximum Gasteiger partial charge on any atom is 0.430 e. The van der Waals surface area contributed by atoms with Crippen LogP contribution in [0.3, 0.4) is 0 Å². The minimum Gasteiger partial charge on any atom is -0.365 e. The molecule has 3 fully saturated rings. The largest absolute Gasteiger partial charge is 0.430 e. The third-order valence-corrected chi connectivity index (χ3v) is 8.27. The lowest BCUT2D eigenvalue weighted by molar-refractivity contribution is -0.106. The van der Waals surface area contributed by atoms with E-state index < -0.39 is 6.09 Å². The Labute approximate surface area is 228 Å². The van der Waals surface area contributed by atoms with Gasteiger partial charge in [0.15, 0.2) is 17.0 Å². The summed E-state index contributed by atoms with van der Waals surface area (Å²) in [6.45, 7) is 1.27. The van der Waals surface area contributed by atoms with E-state index in [-0.39, 0.29) is 6.04 Å². The van der Waals surface area contributed by atoms with Gasteiger partial charge in [-0.3, -0.25) is 5.32 Å². The minimum absolute atomic E-state index is 0.192. The first-order valence-electron chi connectivity index (χ1n) is 14.4. The summed E-state index contributed by atoms with van der Waals surface area (Å²) < 4.78 is 2.25. The van der Waals surface area contributed by atoms with Crippen molar-refractivity contribution >= 4 is 34.7 Å². The number of nitrogens with one attached hydrogen (secondary N) is 3. The van der Waals surface area contributed by atoms with Gasteiger partial charge in [-0.2, -0.15) is 9.97 Å². The number of hydroxylamine groups is 2. The van der Waals surface area contributed by atoms with Crippen LogP contribution in [0.25, 0.3) is 11.2 Å². The van der Waals surface area contributed by atoms with Crippen molar-refractivity contribution in [3.63, 3.8) is 0 Å². The number of rotatable bonds is 7. The van der Waals surface area contributed by atoms with E-state index in [2.05, 4.69) is 20.5 Å². The van der Waals surface area contributed by atoms with Gasteiger partial charge in [-0.25, -0.2) is 9.78 Å². The fourth-order valence-corrected chi connectivity index (χ4v) is 6.04. The average Bonchev–Trinajstić information content (AvgIpc) is 3.62. The van der Waals surface area contributed by atoms with Crippen molar-refractivity contribution < 1.29 is 9.63 Å². The van der Waals surface area contributed by atoms with Crippen molar-refractivity contribution in [3.8, 4) is 0 Å². The zero-order valence-electron chi connectivity index (χ0n) is 22.4. The standard InChI is InChI=1S/C28H39N9O2/c29-19-10-12-21(13-11-19)32-27-34-25(24-26(35-27)37(18-30-24)23-8-4-5-9-23)31-22-14-16-36(17-15-22)39-28(38)33-20-6-2-1-3-7-20/h1-3,6-7,18-19,21-23H,4-5,8-17,29H2,(H,33,38)(H2,31,32,34,35). The van der Waals surface area contributed by atoms with Crippen LogP contribution in [0, 0.1) is 0 Å². The number of benzene rings is 1. The third-order valence-electron chi connectivity index (χ3n) is 8.27. The van der Waals surface area contributed by atoms with Crippen LogP contribution in [-0.2, 0) is 4.84 Å². The van der Waals surface area contributed by atoms with Crippen LogP contribution in [0.2, 0.25) is 0 Å². The summed E-state index contributed by atoms with van der Waals surface area (Å²) in [7, 11) is 0. The number of aromatic nitrogens is 4. The maximum atomic E-state index is 12.3. The molecule has 3 aliphatic rings. The van der Waals surface area contributed by atoms with E-state index in [1.54, 1.807) is 5.06 Å². The monoisotopic (exact) mass is 533 g/mol. The number of amides is 1. The molecule has 0 spiro atoms. The van der Waals surface area contributed by atoms with Gasteiger partial charge in [0, 0.05) is 42.9 Å². The quantitative estimate of drug-likeness (QED) is 0.342. The lowest BCUT2D eigenvalue weighted by atomic mass is 9.92. The summed E-state index contributed by atoms with van der Waals surface area (Å²) in [5.74, 6) is 1.43. The Morgan fingerprint density at radius 1 is 0.897 bits per heavy atom. The predicted octanol–water partition coefficient (Wildman–Crippen LogP) is 4.66. The van der Waals surface area contributed by atoms with E-state index in [9.17, 15) is 4.79 Å². The van der Waals surface area contributed by atoms with E-state index in [4.69, 9.17) is 25.5 Å². The van der Waals surface area contributed by atoms with Gasteiger partial charge in [-0.15, -0.1) is 5.06 Å². The van der Waals surface area contributed by atoms with Gasteiger partial charge in [-0.05, 0) is 63.5 Å². The van der Waals surface area contributed by atoms with Crippen molar-refractivity contribution in [2.45, 2.75) is 88.4 Å². The zero-order valence-corrected chi connectivity index (χ0v) is 22.4. The number of fused-ring (bicyclic) bond motifs is 1. The molecule has 1 aromatic carbocycles. The van der Waals surface area contributed by atoms with Crippen LogP contribution < -0.4 is 21.7 Å². The van der Waals surface area contributed by atoms with Gasteiger partial charge in [0.1, 0.15) is 0 Å². The molecule has 2 saturated carbocycles. The Morgan fingerprint density at radius 3 is 2.36 bits per heavy atom. The average molecular weight is 534 g/mol. The van der Waals surface area contributed by atoms with Gasteiger partial charge in [-0.1, -0.05) is 31.0 Å². The normalized spacial score (nSPS) is 23.1. The van der Waals surface area contributed by atoms with Crippen molar-refractivity contribution in [1.82, 2.24) is 24.6 Å². The third kappa shape index (κ3) is 6.25. The van der Waals surface area contributed by atoms with Crippen molar-refractivity contribution in [2.24, 2.45) is 5.73 Å². The number of imidazole rings is 1. The molecule has 0 bridgehead atoms. The van der Waals surface area contributed by atoms with E-state index in [1.807, 2.05) is 36.7 Å². The number of para-hydroxylation sites is 1. The number of nitrogens with two attached hydrogens (primary N) is 1. The molecule has 2 aliphatic carbocycles. The van der Waals surface area contributed by atoms with Crippen LogP contribution in [0.5, 0.6) is 0 Å². The fraction of sp³-hybridized carbons (Fsp3) is 0.571. The Bertz CT molecular complexity index is 1240. The van der Waals surface area contributed by atoms with E-state index in [1.165, 1.54) is 12.8 Å². The summed E-state index contributed by atoms with van der Waals surface area (Å²) in [5, 5.41) is 11.7. The first-order valence-corrected chi connectivity index (χ1v) is 14.4. The molecule has 2 aromatic heterocycles. The Hall–Kier alpha value is -3.44. The second-order valence-electron chi connectivity index (χ2n) is 11.1. The Morgan fingerprint density at radius 2 is 1.62 bits per heavy atom. The summed E-state index contributed by atoms with van der Waals surface area (Å²) in [5.41, 5.74) is 8.55. The van der Waals surface area contributed by atoms with Crippen molar-refractivity contribution in [3.05, 3.63) is 36.7 Å². The highest BCUT2D eigenvalue weighted by Crippen LogP contribution is 2.34. The van der Waals surface area contributed by atoms with Gasteiger partial charge >= 0.3 is 6.09 Å². The highest BCUT2D eigenvalue weighted by Gasteiger charge is 2.27. The molecule has 6 rings (SSSR count). The molecule has 0 radical (unpaired) electrons. The molecule has 3 heterocycles. The Balaban J connectivity index is 1.13. The van der Waals surface area contributed by atoms with E-state index >= 15 is 0 Å². The maximum absolute atomic E-state index is 12.3. The molecule has 0 unspecified atom stereocenters. The number of carbonyl (C=O) groups is 1. The smallest absolute Gasteiger partial charge is 0.365 e. The molecule has 0 atom stereocenters. The molecule has 11 nitrogen and oxygen atoms in total. The van der Waals surface area contributed by atoms with Crippen LogP contribution in [0.1, 0.15) is 70.3 Å². The molecule has 1 saturated heterocycles.